The largest absolute Gasteiger partial charge is 0.497 e. The summed E-state index contributed by atoms with van der Waals surface area (Å²) < 4.78 is 32.9. The minimum atomic E-state index is -3.60. The zero-order chi connectivity index (χ0) is 15.0. The van der Waals surface area contributed by atoms with Crippen molar-refractivity contribution in [2.45, 2.75) is 36.2 Å². The molecule has 0 aromatic heterocycles. The third-order valence-corrected chi connectivity index (χ3v) is 6.77. The van der Waals surface area contributed by atoms with Crippen LogP contribution in [-0.4, -0.2) is 45.0 Å². The van der Waals surface area contributed by atoms with Crippen LogP contribution in [0.25, 0.3) is 0 Å². The van der Waals surface area contributed by atoms with E-state index in [1.807, 2.05) is 0 Å². The van der Waals surface area contributed by atoms with Gasteiger partial charge in [0.1, 0.15) is 10.6 Å². The fourth-order valence-electron chi connectivity index (χ4n) is 3.25. The number of fused-ring (bicyclic) bond motifs is 2. The van der Waals surface area contributed by atoms with Crippen molar-refractivity contribution in [2.24, 2.45) is 0 Å². The van der Waals surface area contributed by atoms with Crippen LogP contribution in [0.2, 0.25) is 5.02 Å². The Hall–Kier alpha value is -0.530. The molecule has 2 atom stereocenters. The summed E-state index contributed by atoms with van der Waals surface area (Å²) in [6.45, 7) is 1.57. The second-order valence-corrected chi connectivity index (χ2v) is 7.73. The Labute approximate surface area is 142 Å². The fraction of sp³-hybridized carbons (Fsp3) is 0.571. The molecule has 2 bridgehead atoms. The highest BCUT2D eigenvalue weighted by Gasteiger charge is 2.43. The first kappa shape index (κ1) is 17.8. The van der Waals surface area contributed by atoms with E-state index in [1.165, 1.54) is 13.2 Å². The van der Waals surface area contributed by atoms with Crippen molar-refractivity contribution in [2.75, 3.05) is 20.2 Å². The maximum Gasteiger partial charge on any atom is 0.245 e. The quantitative estimate of drug-likeness (QED) is 0.891. The average Bonchev–Trinajstić information content (AvgIpc) is 2.73. The number of halogens is 2. The molecule has 3 rings (SSSR count). The molecule has 22 heavy (non-hydrogen) atoms. The third-order valence-electron chi connectivity index (χ3n) is 4.28. The molecule has 0 amide bonds. The molecule has 124 valence electrons. The van der Waals surface area contributed by atoms with Gasteiger partial charge in [0.15, 0.2) is 0 Å². The molecule has 8 heteroatoms. The van der Waals surface area contributed by atoms with Gasteiger partial charge in [0, 0.05) is 24.7 Å². The normalized spacial score (nSPS) is 25.4. The van der Waals surface area contributed by atoms with E-state index in [0.29, 0.717) is 12.3 Å². The summed E-state index contributed by atoms with van der Waals surface area (Å²) in [6, 6.07) is 4.84. The first-order valence-corrected chi connectivity index (χ1v) is 8.93. The molecule has 2 fully saturated rings. The van der Waals surface area contributed by atoms with Gasteiger partial charge in [-0.05, 0) is 37.9 Å². The predicted octanol–water partition coefficient (Wildman–Crippen LogP) is 2.29. The van der Waals surface area contributed by atoms with Crippen LogP contribution in [0, 0.1) is 0 Å². The molecule has 2 heterocycles. The molecule has 1 N–H and O–H groups in total. The maximum atomic E-state index is 13.0. The highest BCUT2D eigenvalue weighted by Crippen LogP contribution is 2.36. The summed E-state index contributed by atoms with van der Waals surface area (Å²) in [6.07, 6.45) is 2.67. The minimum Gasteiger partial charge on any atom is -0.497 e. The van der Waals surface area contributed by atoms with Crippen molar-refractivity contribution in [3.63, 3.8) is 0 Å². The van der Waals surface area contributed by atoms with Gasteiger partial charge in [-0.3, -0.25) is 0 Å². The molecule has 0 radical (unpaired) electrons. The lowest BCUT2D eigenvalue weighted by Gasteiger charge is -2.27. The van der Waals surface area contributed by atoms with Gasteiger partial charge in [-0.2, -0.15) is 4.31 Å². The minimum absolute atomic E-state index is 0. The SMILES string of the molecule is COc1ccc(Cl)c(S(=O)(=O)N2C3CCNCC2CC3)c1.Cl. The van der Waals surface area contributed by atoms with Crippen LogP contribution in [0.3, 0.4) is 0 Å². The highest BCUT2D eigenvalue weighted by molar-refractivity contribution is 7.89. The van der Waals surface area contributed by atoms with Crippen molar-refractivity contribution in [1.29, 1.82) is 0 Å². The maximum absolute atomic E-state index is 13.0. The number of nitrogens with zero attached hydrogens (tertiary/aromatic N) is 1. The molecular formula is C14H20Cl2N2O3S. The van der Waals surface area contributed by atoms with Crippen molar-refractivity contribution in [3.8, 4) is 5.75 Å². The molecule has 1 aromatic carbocycles. The van der Waals surface area contributed by atoms with Crippen LogP contribution in [0.5, 0.6) is 5.75 Å². The second-order valence-electron chi connectivity index (χ2n) is 5.51. The van der Waals surface area contributed by atoms with Gasteiger partial charge in [0.2, 0.25) is 10.0 Å². The number of methoxy groups -OCH3 is 1. The van der Waals surface area contributed by atoms with Gasteiger partial charge in [-0.25, -0.2) is 8.42 Å². The molecule has 2 aliphatic heterocycles. The molecule has 0 saturated carbocycles. The number of hydrogen-bond donors (Lipinski definition) is 1. The summed E-state index contributed by atoms with van der Waals surface area (Å²) >= 11 is 6.14. The van der Waals surface area contributed by atoms with Crippen molar-refractivity contribution >= 4 is 34.0 Å². The van der Waals surface area contributed by atoms with E-state index < -0.39 is 10.0 Å². The van der Waals surface area contributed by atoms with E-state index in [2.05, 4.69) is 5.32 Å². The lowest BCUT2D eigenvalue weighted by atomic mass is 10.1. The van der Waals surface area contributed by atoms with E-state index >= 15 is 0 Å². The summed E-state index contributed by atoms with van der Waals surface area (Å²) in [5.41, 5.74) is 0. The molecule has 0 aliphatic carbocycles. The third kappa shape index (κ3) is 3.08. The van der Waals surface area contributed by atoms with Crippen LogP contribution in [0.4, 0.5) is 0 Å². The van der Waals surface area contributed by atoms with Gasteiger partial charge >= 0.3 is 0 Å². The molecule has 2 unspecified atom stereocenters. The van der Waals surface area contributed by atoms with E-state index in [0.717, 1.165) is 25.8 Å². The number of rotatable bonds is 3. The average molecular weight is 367 g/mol. The Bertz CT molecular complexity index is 625. The Balaban J connectivity index is 0.00000176. The first-order valence-electron chi connectivity index (χ1n) is 7.12. The molecule has 0 spiro atoms. The molecule has 1 aromatic rings. The topological polar surface area (TPSA) is 58.6 Å². The number of ether oxygens (including phenoxy) is 1. The number of nitrogens with one attached hydrogen (secondary N) is 1. The zero-order valence-corrected chi connectivity index (χ0v) is 14.7. The summed E-state index contributed by atoms with van der Waals surface area (Å²) in [7, 11) is -2.09. The number of benzene rings is 1. The van der Waals surface area contributed by atoms with Crippen molar-refractivity contribution < 1.29 is 13.2 Å². The van der Waals surface area contributed by atoms with Crippen LogP contribution >= 0.6 is 24.0 Å². The van der Waals surface area contributed by atoms with Crippen molar-refractivity contribution in [1.82, 2.24) is 9.62 Å². The van der Waals surface area contributed by atoms with E-state index in [9.17, 15) is 8.42 Å². The zero-order valence-electron chi connectivity index (χ0n) is 12.3. The van der Waals surface area contributed by atoms with Gasteiger partial charge < -0.3 is 10.1 Å². The molecule has 2 saturated heterocycles. The standard InChI is InChI=1S/C14H19ClN2O3S.ClH/c1-20-12-4-5-13(15)14(8-12)21(18,19)17-10-2-3-11(17)9-16-7-6-10;/h4-5,8,10-11,16H,2-3,6-7,9H2,1H3;1H. The molecule has 5 nitrogen and oxygen atoms in total. The number of hydrogen-bond acceptors (Lipinski definition) is 4. The summed E-state index contributed by atoms with van der Waals surface area (Å²) in [4.78, 5) is 0.141. The van der Waals surface area contributed by atoms with Gasteiger partial charge in [0.05, 0.1) is 12.1 Å². The van der Waals surface area contributed by atoms with E-state index in [4.69, 9.17) is 16.3 Å². The highest BCUT2D eigenvalue weighted by atomic mass is 35.5. The van der Waals surface area contributed by atoms with E-state index in [-0.39, 0.29) is 34.4 Å². The van der Waals surface area contributed by atoms with Crippen molar-refractivity contribution in [3.05, 3.63) is 23.2 Å². The smallest absolute Gasteiger partial charge is 0.245 e. The molecule has 2 aliphatic rings. The number of sulfonamides is 1. The van der Waals surface area contributed by atoms with Crippen LogP contribution in [-0.2, 0) is 10.0 Å². The Morgan fingerprint density at radius 3 is 2.73 bits per heavy atom. The van der Waals surface area contributed by atoms with Crippen LogP contribution in [0.1, 0.15) is 19.3 Å². The monoisotopic (exact) mass is 366 g/mol. The van der Waals surface area contributed by atoms with Gasteiger partial charge in [-0.1, -0.05) is 11.6 Å². The first-order chi connectivity index (χ1) is 10.0. The lowest BCUT2D eigenvalue weighted by molar-refractivity contribution is 0.334. The molecular weight excluding hydrogens is 347 g/mol. The predicted molar refractivity (Wildman–Crippen MR) is 88.6 cm³/mol. The van der Waals surface area contributed by atoms with Crippen LogP contribution in [0.15, 0.2) is 23.1 Å². The van der Waals surface area contributed by atoms with Crippen LogP contribution < -0.4 is 10.1 Å². The summed E-state index contributed by atoms with van der Waals surface area (Å²) in [5, 5.41) is 3.55. The lowest BCUT2D eigenvalue weighted by Crippen LogP contribution is -2.42. The summed E-state index contributed by atoms with van der Waals surface area (Å²) in [5.74, 6) is 0.498. The fourth-order valence-corrected chi connectivity index (χ4v) is 5.65. The Morgan fingerprint density at radius 1 is 1.27 bits per heavy atom. The van der Waals surface area contributed by atoms with E-state index in [1.54, 1.807) is 16.4 Å². The Kier molecular flexibility index (Phi) is 5.61. The van der Waals surface area contributed by atoms with Gasteiger partial charge in [0.25, 0.3) is 0 Å². The Morgan fingerprint density at radius 2 is 2.00 bits per heavy atom. The second kappa shape index (κ2) is 6.93. The van der Waals surface area contributed by atoms with Gasteiger partial charge in [-0.15, -0.1) is 12.4 Å².